The standard InChI is InChI=1S/C25H20FN3O3/c26-20-4-2-1-3-19(20)15-27-25(30)17-7-5-16(6-8-17)21-14-22(29-28-21)18-9-10-23-24(13-18)32-12-11-31-23/h1-10,13-14H,11-12,15H2,(H,27,30)(H,28,29). The summed E-state index contributed by atoms with van der Waals surface area (Å²) in [5.74, 6) is 0.848. The molecule has 6 nitrogen and oxygen atoms in total. The fraction of sp³-hybridized carbons (Fsp3) is 0.120. The lowest BCUT2D eigenvalue weighted by atomic mass is 10.1. The van der Waals surface area contributed by atoms with Crippen molar-refractivity contribution in [3.8, 4) is 34.0 Å². The molecule has 0 radical (unpaired) electrons. The number of hydrogen-bond acceptors (Lipinski definition) is 4. The number of ether oxygens (including phenoxy) is 2. The minimum absolute atomic E-state index is 0.132. The van der Waals surface area contributed by atoms with E-state index in [0.29, 0.717) is 30.1 Å². The summed E-state index contributed by atoms with van der Waals surface area (Å²) in [7, 11) is 0. The summed E-state index contributed by atoms with van der Waals surface area (Å²) in [6.07, 6.45) is 0. The molecule has 4 aromatic rings. The molecule has 0 fully saturated rings. The number of carbonyl (C=O) groups is 1. The summed E-state index contributed by atoms with van der Waals surface area (Å²) in [6, 6.07) is 21.2. The number of benzene rings is 3. The van der Waals surface area contributed by atoms with Crippen molar-refractivity contribution in [1.82, 2.24) is 15.5 Å². The maximum absolute atomic E-state index is 13.7. The number of nitrogens with zero attached hydrogens (tertiary/aromatic N) is 1. The van der Waals surface area contributed by atoms with Gasteiger partial charge in [-0.2, -0.15) is 5.10 Å². The molecule has 1 amide bonds. The van der Waals surface area contributed by atoms with Gasteiger partial charge in [-0.1, -0.05) is 30.3 Å². The highest BCUT2D eigenvalue weighted by Crippen LogP contribution is 2.34. The predicted octanol–water partition coefficient (Wildman–Crippen LogP) is 4.58. The molecule has 0 saturated heterocycles. The van der Waals surface area contributed by atoms with Crippen molar-refractivity contribution in [3.05, 3.63) is 89.7 Å². The van der Waals surface area contributed by atoms with Gasteiger partial charge in [0, 0.05) is 23.2 Å². The molecule has 2 heterocycles. The normalized spacial score (nSPS) is 12.4. The summed E-state index contributed by atoms with van der Waals surface area (Å²) in [5.41, 5.74) is 4.36. The van der Waals surface area contributed by atoms with Crippen molar-refractivity contribution in [2.75, 3.05) is 13.2 Å². The highest BCUT2D eigenvalue weighted by Gasteiger charge is 2.14. The van der Waals surface area contributed by atoms with Crippen molar-refractivity contribution < 1.29 is 18.7 Å². The van der Waals surface area contributed by atoms with Crippen LogP contribution in [-0.4, -0.2) is 29.3 Å². The highest BCUT2D eigenvalue weighted by molar-refractivity contribution is 5.94. The number of aromatic amines is 1. The molecule has 2 N–H and O–H groups in total. The SMILES string of the molecule is O=C(NCc1ccccc1F)c1ccc(-c2cc(-c3ccc4c(c3)OCCO4)n[nH]2)cc1. The Morgan fingerprint density at radius 2 is 1.69 bits per heavy atom. The van der Waals surface area contributed by atoms with E-state index in [2.05, 4.69) is 15.5 Å². The smallest absolute Gasteiger partial charge is 0.251 e. The Hall–Kier alpha value is -4.13. The van der Waals surface area contributed by atoms with E-state index in [9.17, 15) is 9.18 Å². The zero-order chi connectivity index (χ0) is 21.9. The average Bonchev–Trinajstić information content (AvgIpc) is 3.33. The van der Waals surface area contributed by atoms with Crippen LogP contribution in [0.25, 0.3) is 22.5 Å². The molecular weight excluding hydrogens is 409 g/mol. The van der Waals surface area contributed by atoms with E-state index in [0.717, 1.165) is 28.3 Å². The Labute approximate surface area is 184 Å². The summed E-state index contributed by atoms with van der Waals surface area (Å²) in [6.45, 7) is 1.21. The van der Waals surface area contributed by atoms with Crippen LogP contribution in [0.4, 0.5) is 4.39 Å². The van der Waals surface area contributed by atoms with Crippen LogP contribution in [0, 0.1) is 5.82 Å². The first-order valence-electron chi connectivity index (χ1n) is 10.2. The van der Waals surface area contributed by atoms with Gasteiger partial charge in [0.2, 0.25) is 0 Å². The van der Waals surface area contributed by atoms with Crippen LogP contribution >= 0.6 is 0 Å². The van der Waals surface area contributed by atoms with Crippen LogP contribution in [0.3, 0.4) is 0 Å². The number of fused-ring (bicyclic) bond motifs is 1. The third-order valence-corrected chi connectivity index (χ3v) is 5.27. The molecule has 7 heteroatoms. The van der Waals surface area contributed by atoms with Crippen molar-refractivity contribution >= 4 is 5.91 Å². The number of H-pyrrole nitrogens is 1. The fourth-order valence-electron chi connectivity index (χ4n) is 3.54. The second-order valence-electron chi connectivity index (χ2n) is 7.38. The Balaban J connectivity index is 1.28. The maximum atomic E-state index is 13.7. The number of halogens is 1. The van der Waals surface area contributed by atoms with Crippen LogP contribution in [0.15, 0.2) is 72.8 Å². The van der Waals surface area contributed by atoms with E-state index in [1.807, 2.05) is 36.4 Å². The van der Waals surface area contributed by atoms with Gasteiger partial charge in [0.15, 0.2) is 11.5 Å². The Morgan fingerprint density at radius 3 is 2.50 bits per heavy atom. The number of hydrogen-bond donors (Lipinski definition) is 2. The summed E-state index contributed by atoms with van der Waals surface area (Å²) in [5, 5.41) is 10.2. The van der Waals surface area contributed by atoms with E-state index in [4.69, 9.17) is 9.47 Å². The molecule has 0 saturated carbocycles. The van der Waals surface area contributed by atoms with E-state index in [-0.39, 0.29) is 18.3 Å². The van der Waals surface area contributed by atoms with Crippen LogP contribution in [0.2, 0.25) is 0 Å². The number of nitrogens with one attached hydrogen (secondary N) is 2. The van der Waals surface area contributed by atoms with Gasteiger partial charge in [-0.15, -0.1) is 0 Å². The second kappa shape index (κ2) is 8.55. The molecule has 1 aromatic heterocycles. The van der Waals surface area contributed by atoms with Crippen molar-refractivity contribution in [1.29, 1.82) is 0 Å². The maximum Gasteiger partial charge on any atom is 0.251 e. The number of carbonyl (C=O) groups excluding carboxylic acids is 1. The minimum Gasteiger partial charge on any atom is -0.486 e. The summed E-state index contributed by atoms with van der Waals surface area (Å²) >= 11 is 0. The number of aromatic nitrogens is 2. The number of amides is 1. The molecule has 0 atom stereocenters. The zero-order valence-corrected chi connectivity index (χ0v) is 17.1. The van der Waals surface area contributed by atoms with Crippen molar-refractivity contribution in [3.63, 3.8) is 0 Å². The summed E-state index contributed by atoms with van der Waals surface area (Å²) in [4.78, 5) is 12.4. The number of rotatable bonds is 5. The van der Waals surface area contributed by atoms with Gasteiger partial charge in [0.25, 0.3) is 5.91 Å². The first kappa shape index (κ1) is 19.8. The van der Waals surface area contributed by atoms with Gasteiger partial charge in [0.05, 0.1) is 11.4 Å². The second-order valence-corrected chi connectivity index (χ2v) is 7.38. The Bertz CT molecular complexity index is 1270. The van der Waals surface area contributed by atoms with Crippen LogP contribution in [0.5, 0.6) is 11.5 Å². The molecular formula is C25H20FN3O3. The van der Waals surface area contributed by atoms with Gasteiger partial charge in [0.1, 0.15) is 19.0 Å². The van der Waals surface area contributed by atoms with E-state index >= 15 is 0 Å². The molecule has 0 bridgehead atoms. The third-order valence-electron chi connectivity index (χ3n) is 5.27. The lowest BCUT2D eigenvalue weighted by molar-refractivity contribution is 0.0950. The first-order chi connectivity index (χ1) is 15.7. The zero-order valence-electron chi connectivity index (χ0n) is 17.1. The molecule has 160 valence electrons. The monoisotopic (exact) mass is 429 g/mol. The molecule has 32 heavy (non-hydrogen) atoms. The topological polar surface area (TPSA) is 76.2 Å². The van der Waals surface area contributed by atoms with Gasteiger partial charge < -0.3 is 14.8 Å². The largest absolute Gasteiger partial charge is 0.486 e. The van der Waals surface area contributed by atoms with Gasteiger partial charge in [-0.3, -0.25) is 9.89 Å². The molecule has 0 unspecified atom stereocenters. The van der Waals surface area contributed by atoms with E-state index in [1.54, 1.807) is 30.3 Å². The van der Waals surface area contributed by atoms with Crippen LogP contribution in [0.1, 0.15) is 15.9 Å². The molecule has 0 aliphatic carbocycles. The highest BCUT2D eigenvalue weighted by atomic mass is 19.1. The van der Waals surface area contributed by atoms with Gasteiger partial charge in [-0.25, -0.2) is 4.39 Å². The minimum atomic E-state index is -0.337. The van der Waals surface area contributed by atoms with Gasteiger partial charge in [-0.05, 0) is 48.0 Å². The van der Waals surface area contributed by atoms with Crippen LogP contribution < -0.4 is 14.8 Å². The van der Waals surface area contributed by atoms with E-state index in [1.165, 1.54) is 6.07 Å². The molecule has 1 aliphatic rings. The molecule has 0 spiro atoms. The van der Waals surface area contributed by atoms with Crippen molar-refractivity contribution in [2.24, 2.45) is 0 Å². The van der Waals surface area contributed by atoms with Gasteiger partial charge >= 0.3 is 0 Å². The quantitative estimate of drug-likeness (QED) is 0.487. The van der Waals surface area contributed by atoms with E-state index < -0.39 is 0 Å². The molecule has 1 aliphatic heterocycles. The average molecular weight is 429 g/mol. The Morgan fingerprint density at radius 1 is 0.938 bits per heavy atom. The molecule has 3 aromatic carbocycles. The fourth-order valence-corrected chi connectivity index (χ4v) is 3.54. The first-order valence-corrected chi connectivity index (χ1v) is 10.2. The van der Waals surface area contributed by atoms with Crippen molar-refractivity contribution in [2.45, 2.75) is 6.54 Å². The summed E-state index contributed by atoms with van der Waals surface area (Å²) < 4.78 is 24.9. The predicted molar refractivity (Wildman–Crippen MR) is 118 cm³/mol. The lowest BCUT2D eigenvalue weighted by Gasteiger charge is -2.18. The third kappa shape index (κ3) is 4.05. The van der Waals surface area contributed by atoms with Crippen LogP contribution in [-0.2, 0) is 6.54 Å². The lowest BCUT2D eigenvalue weighted by Crippen LogP contribution is -2.23. The molecule has 5 rings (SSSR count). The Kier molecular flexibility index (Phi) is 5.29.